The predicted octanol–water partition coefficient (Wildman–Crippen LogP) is 2.45. The third-order valence-electron chi connectivity index (χ3n) is 3.09. The Morgan fingerprint density at radius 3 is 2.42 bits per heavy atom. The van der Waals surface area contributed by atoms with Crippen LogP contribution in [0.2, 0.25) is 0 Å². The Hall–Kier alpha value is -1.07. The molecule has 4 nitrogen and oxygen atoms in total. The zero-order valence-electron chi connectivity index (χ0n) is 11.9. The molecule has 0 aliphatic carbocycles. The number of primary sulfonamides is 1. The highest BCUT2D eigenvalue weighted by Gasteiger charge is 2.04. The van der Waals surface area contributed by atoms with Gasteiger partial charge in [-0.25, -0.2) is 13.6 Å². The van der Waals surface area contributed by atoms with Gasteiger partial charge in [-0.2, -0.15) is 0 Å². The van der Waals surface area contributed by atoms with E-state index in [-0.39, 0.29) is 5.75 Å². The molecule has 0 saturated carbocycles. The lowest BCUT2D eigenvalue weighted by atomic mass is 10.1. The normalized spacial score (nSPS) is 11.6. The number of aryl methyl sites for hydroxylation is 2. The molecule has 0 spiro atoms. The summed E-state index contributed by atoms with van der Waals surface area (Å²) in [4.78, 5) is 0. The minimum absolute atomic E-state index is 0.0512. The topological polar surface area (TPSA) is 69.4 Å². The van der Waals surface area contributed by atoms with Crippen LogP contribution in [0, 0.1) is 20.8 Å². The fourth-order valence-corrected chi connectivity index (χ4v) is 2.52. The van der Waals surface area contributed by atoms with Crippen molar-refractivity contribution in [3.63, 3.8) is 0 Å². The van der Waals surface area contributed by atoms with Crippen LogP contribution < -0.4 is 9.88 Å². The Balaban J connectivity index is 2.34. The van der Waals surface area contributed by atoms with E-state index < -0.39 is 10.0 Å². The summed E-state index contributed by atoms with van der Waals surface area (Å²) in [5, 5.41) is 4.94. The van der Waals surface area contributed by atoms with E-state index in [9.17, 15) is 8.42 Å². The highest BCUT2D eigenvalue weighted by atomic mass is 32.2. The van der Waals surface area contributed by atoms with E-state index in [1.807, 2.05) is 19.9 Å². The maximum Gasteiger partial charge on any atom is 0.209 e. The first-order valence-electron chi connectivity index (χ1n) is 6.51. The van der Waals surface area contributed by atoms with Gasteiger partial charge < -0.3 is 4.74 Å². The van der Waals surface area contributed by atoms with Crippen molar-refractivity contribution in [2.75, 3.05) is 12.4 Å². The molecule has 0 aliphatic rings. The maximum absolute atomic E-state index is 10.8. The van der Waals surface area contributed by atoms with Crippen molar-refractivity contribution < 1.29 is 13.2 Å². The van der Waals surface area contributed by atoms with Crippen LogP contribution in [0.4, 0.5) is 0 Å². The van der Waals surface area contributed by atoms with Gasteiger partial charge in [-0.3, -0.25) is 0 Å². The molecule has 0 aromatic heterocycles. The van der Waals surface area contributed by atoms with Gasteiger partial charge in [0.15, 0.2) is 0 Å². The summed E-state index contributed by atoms with van der Waals surface area (Å²) in [5.41, 5.74) is 3.58. The van der Waals surface area contributed by atoms with Crippen LogP contribution in [0.1, 0.15) is 36.0 Å². The zero-order chi connectivity index (χ0) is 14.5. The van der Waals surface area contributed by atoms with Crippen LogP contribution in [0.15, 0.2) is 12.1 Å². The number of hydrogen-bond acceptors (Lipinski definition) is 3. The number of sulfonamides is 1. The molecule has 0 atom stereocenters. The van der Waals surface area contributed by atoms with Gasteiger partial charge in [-0.1, -0.05) is 6.07 Å². The van der Waals surface area contributed by atoms with Crippen molar-refractivity contribution in [1.29, 1.82) is 0 Å². The first-order valence-corrected chi connectivity index (χ1v) is 8.22. The molecule has 0 unspecified atom stereocenters. The number of hydrogen-bond donors (Lipinski definition) is 1. The molecule has 19 heavy (non-hydrogen) atoms. The number of unbranched alkanes of at least 4 members (excludes halogenated alkanes) is 2. The molecule has 1 aromatic carbocycles. The molecule has 1 rings (SSSR count). The Morgan fingerprint density at radius 1 is 1.11 bits per heavy atom. The van der Waals surface area contributed by atoms with Crippen molar-refractivity contribution in [1.82, 2.24) is 0 Å². The summed E-state index contributed by atoms with van der Waals surface area (Å²) in [6.07, 6.45) is 2.23. The second-order valence-corrected chi connectivity index (χ2v) is 6.72. The van der Waals surface area contributed by atoms with Crippen LogP contribution in [-0.4, -0.2) is 20.8 Å². The monoisotopic (exact) mass is 285 g/mol. The lowest BCUT2D eigenvalue weighted by Gasteiger charge is -2.12. The number of rotatable bonds is 7. The minimum Gasteiger partial charge on any atom is -0.493 e. The molecule has 0 aliphatic heterocycles. The van der Waals surface area contributed by atoms with E-state index in [1.165, 1.54) is 11.1 Å². The molecule has 0 heterocycles. The van der Waals surface area contributed by atoms with Crippen LogP contribution in [0.25, 0.3) is 0 Å². The van der Waals surface area contributed by atoms with Gasteiger partial charge in [-0.15, -0.1) is 0 Å². The molecule has 0 radical (unpaired) electrons. The van der Waals surface area contributed by atoms with Gasteiger partial charge in [0.05, 0.1) is 12.4 Å². The number of benzene rings is 1. The van der Waals surface area contributed by atoms with Gasteiger partial charge in [0.2, 0.25) is 10.0 Å². The van der Waals surface area contributed by atoms with Crippen LogP contribution in [0.5, 0.6) is 5.75 Å². The van der Waals surface area contributed by atoms with Crippen molar-refractivity contribution >= 4 is 10.0 Å². The summed E-state index contributed by atoms with van der Waals surface area (Å²) >= 11 is 0. The highest BCUT2D eigenvalue weighted by molar-refractivity contribution is 7.89. The first-order chi connectivity index (χ1) is 8.79. The minimum atomic E-state index is -3.32. The maximum atomic E-state index is 10.8. The van der Waals surface area contributed by atoms with E-state index in [0.29, 0.717) is 13.0 Å². The molecule has 0 fully saturated rings. The molecule has 0 bridgehead atoms. The van der Waals surface area contributed by atoms with Crippen LogP contribution in [-0.2, 0) is 10.0 Å². The molecule has 1 aromatic rings. The van der Waals surface area contributed by atoms with E-state index >= 15 is 0 Å². The second-order valence-electron chi connectivity index (χ2n) is 4.98. The van der Waals surface area contributed by atoms with E-state index in [4.69, 9.17) is 9.88 Å². The van der Waals surface area contributed by atoms with Gasteiger partial charge >= 0.3 is 0 Å². The van der Waals surface area contributed by atoms with E-state index in [2.05, 4.69) is 13.0 Å². The van der Waals surface area contributed by atoms with E-state index in [0.717, 1.165) is 24.2 Å². The molecule has 0 amide bonds. The molecule has 2 N–H and O–H groups in total. The number of nitrogens with two attached hydrogens (primary N) is 1. The largest absolute Gasteiger partial charge is 0.493 e. The van der Waals surface area contributed by atoms with Gasteiger partial charge in [0, 0.05) is 0 Å². The SMILES string of the molecule is Cc1cc(C)c(C)c(OCCCCCS(N)(=O)=O)c1. The molecular weight excluding hydrogens is 262 g/mol. The molecule has 108 valence electrons. The Kier molecular flexibility index (Phi) is 5.82. The van der Waals surface area contributed by atoms with Gasteiger partial charge in [0.25, 0.3) is 0 Å². The van der Waals surface area contributed by atoms with Gasteiger partial charge in [-0.05, 0) is 62.8 Å². The summed E-state index contributed by atoms with van der Waals surface area (Å²) < 4.78 is 27.3. The first kappa shape index (κ1) is 16.0. The summed E-state index contributed by atoms with van der Waals surface area (Å²) in [6.45, 7) is 6.77. The van der Waals surface area contributed by atoms with Crippen LogP contribution >= 0.6 is 0 Å². The summed E-state index contributed by atoms with van der Waals surface area (Å²) in [7, 11) is -3.32. The van der Waals surface area contributed by atoms with E-state index in [1.54, 1.807) is 0 Å². The Bertz CT molecular complexity index is 524. The lowest BCUT2D eigenvalue weighted by Crippen LogP contribution is -2.16. The third kappa shape index (κ3) is 6.07. The van der Waals surface area contributed by atoms with Crippen molar-refractivity contribution in [2.45, 2.75) is 40.0 Å². The van der Waals surface area contributed by atoms with Gasteiger partial charge in [0.1, 0.15) is 5.75 Å². The van der Waals surface area contributed by atoms with Crippen molar-refractivity contribution in [3.8, 4) is 5.75 Å². The lowest BCUT2D eigenvalue weighted by molar-refractivity contribution is 0.304. The molecular formula is C14H23NO3S. The fraction of sp³-hybridized carbons (Fsp3) is 0.571. The van der Waals surface area contributed by atoms with Crippen molar-refractivity contribution in [2.24, 2.45) is 5.14 Å². The average Bonchev–Trinajstić information content (AvgIpc) is 2.28. The standard InChI is InChI=1S/C14H23NO3S/c1-11-9-12(2)13(3)14(10-11)18-7-5-4-6-8-19(15,16)17/h9-10H,4-8H2,1-3H3,(H2,15,16,17). The fourth-order valence-electron chi connectivity index (χ4n) is 1.91. The summed E-state index contributed by atoms with van der Waals surface area (Å²) in [6, 6.07) is 4.17. The smallest absolute Gasteiger partial charge is 0.209 e. The number of ether oxygens (including phenoxy) is 1. The third-order valence-corrected chi connectivity index (χ3v) is 3.95. The molecule has 0 saturated heterocycles. The quantitative estimate of drug-likeness (QED) is 0.782. The highest BCUT2D eigenvalue weighted by Crippen LogP contribution is 2.23. The second kappa shape index (κ2) is 6.91. The Morgan fingerprint density at radius 2 is 1.79 bits per heavy atom. The molecule has 5 heteroatoms. The predicted molar refractivity (Wildman–Crippen MR) is 78.0 cm³/mol. The van der Waals surface area contributed by atoms with Crippen LogP contribution in [0.3, 0.4) is 0 Å². The summed E-state index contributed by atoms with van der Waals surface area (Å²) in [5.74, 6) is 0.971. The zero-order valence-corrected chi connectivity index (χ0v) is 12.7. The average molecular weight is 285 g/mol. The van der Waals surface area contributed by atoms with Crippen molar-refractivity contribution in [3.05, 3.63) is 28.8 Å². The Labute approximate surface area is 116 Å².